The molecule has 0 aromatic carbocycles. The van der Waals surface area contributed by atoms with Gasteiger partial charge in [-0.25, -0.2) is 0 Å². The van der Waals surface area contributed by atoms with E-state index in [0.717, 1.165) is 26.3 Å². The first kappa shape index (κ1) is 14.3. The van der Waals surface area contributed by atoms with E-state index in [2.05, 4.69) is 12.2 Å². The molecule has 1 N–H and O–H groups in total. The van der Waals surface area contributed by atoms with Crippen LogP contribution in [0.5, 0.6) is 0 Å². The molecule has 3 heteroatoms. The van der Waals surface area contributed by atoms with Crippen molar-refractivity contribution in [1.29, 1.82) is 0 Å². The molecule has 1 aliphatic heterocycles. The van der Waals surface area contributed by atoms with Crippen LogP contribution < -0.4 is 5.32 Å². The molecule has 18 heavy (non-hydrogen) atoms. The molecular weight excluding hydrogens is 226 g/mol. The third-order valence-electron chi connectivity index (χ3n) is 4.26. The number of nitrogens with one attached hydrogen (secondary N) is 1. The molecule has 1 spiro atoms. The summed E-state index contributed by atoms with van der Waals surface area (Å²) >= 11 is 0. The molecule has 0 amide bonds. The van der Waals surface area contributed by atoms with Gasteiger partial charge in [-0.05, 0) is 38.6 Å². The Labute approximate surface area is 112 Å². The highest BCUT2D eigenvalue weighted by atomic mass is 16.6. The van der Waals surface area contributed by atoms with Gasteiger partial charge < -0.3 is 14.8 Å². The maximum absolute atomic E-state index is 6.27. The Morgan fingerprint density at radius 3 is 2.78 bits per heavy atom. The largest absolute Gasteiger partial charge is 0.377 e. The topological polar surface area (TPSA) is 30.5 Å². The van der Waals surface area contributed by atoms with Crippen LogP contribution in [0.2, 0.25) is 0 Å². The normalized spacial score (nSPS) is 26.8. The minimum atomic E-state index is 0.243. The van der Waals surface area contributed by atoms with Crippen molar-refractivity contribution in [1.82, 2.24) is 5.32 Å². The van der Waals surface area contributed by atoms with E-state index in [1.165, 1.54) is 51.4 Å². The zero-order chi connectivity index (χ0) is 12.7. The Bertz CT molecular complexity index is 227. The minimum absolute atomic E-state index is 0.243. The molecule has 1 atom stereocenters. The van der Waals surface area contributed by atoms with Gasteiger partial charge >= 0.3 is 0 Å². The standard InChI is InChI=1S/C15H29NO2/c1-2-10-16-11-12-17-13-14-6-9-15(18-14)7-4-3-5-8-15/h14,16H,2-13H2,1H3. The summed E-state index contributed by atoms with van der Waals surface area (Å²) in [6.07, 6.45) is 10.7. The van der Waals surface area contributed by atoms with Crippen LogP contribution in [0.25, 0.3) is 0 Å². The van der Waals surface area contributed by atoms with Gasteiger partial charge in [-0.3, -0.25) is 0 Å². The lowest BCUT2D eigenvalue weighted by Crippen LogP contribution is -2.32. The summed E-state index contributed by atoms with van der Waals surface area (Å²) in [4.78, 5) is 0. The van der Waals surface area contributed by atoms with E-state index in [1.54, 1.807) is 0 Å². The molecule has 1 aliphatic carbocycles. The zero-order valence-electron chi connectivity index (χ0n) is 11.9. The van der Waals surface area contributed by atoms with Crippen LogP contribution in [0, 0.1) is 0 Å². The van der Waals surface area contributed by atoms with Crippen molar-refractivity contribution in [3.8, 4) is 0 Å². The van der Waals surface area contributed by atoms with Gasteiger partial charge in [0.2, 0.25) is 0 Å². The maximum Gasteiger partial charge on any atom is 0.0817 e. The average molecular weight is 255 g/mol. The van der Waals surface area contributed by atoms with Crippen LogP contribution in [-0.2, 0) is 9.47 Å². The molecule has 0 aromatic heterocycles. The van der Waals surface area contributed by atoms with Gasteiger partial charge in [0.05, 0.1) is 24.9 Å². The lowest BCUT2D eigenvalue weighted by molar-refractivity contribution is -0.0875. The molecule has 1 saturated carbocycles. The first-order valence-corrected chi connectivity index (χ1v) is 7.81. The molecule has 2 fully saturated rings. The minimum Gasteiger partial charge on any atom is -0.377 e. The summed E-state index contributed by atoms with van der Waals surface area (Å²) in [5.74, 6) is 0. The fraction of sp³-hybridized carbons (Fsp3) is 1.00. The summed E-state index contributed by atoms with van der Waals surface area (Å²) in [6.45, 7) is 5.84. The number of ether oxygens (including phenoxy) is 2. The van der Waals surface area contributed by atoms with Crippen molar-refractivity contribution in [2.24, 2.45) is 0 Å². The van der Waals surface area contributed by atoms with E-state index in [9.17, 15) is 0 Å². The molecule has 0 radical (unpaired) electrons. The van der Waals surface area contributed by atoms with E-state index < -0.39 is 0 Å². The van der Waals surface area contributed by atoms with Gasteiger partial charge in [-0.2, -0.15) is 0 Å². The van der Waals surface area contributed by atoms with E-state index in [1.807, 2.05) is 0 Å². The van der Waals surface area contributed by atoms with E-state index >= 15 is 0 Å². The number of rotatable bonds is 7. The molecule has 2 aliphatic rings. The van der Waals surface area contributed by atoms with Crippen LogP contribution in [0.3, 0.4) is 0 Å². The molecule has 106 valence electrons. The Kier molecular flexibility index (Phi) is 5.93. The third kappa shape index (κ3) is 4.22. The summed E-state index contributed by atoms with van der Waals surface area (Å²) in [6, 6.07) is 0. The summed E-state index contributed by atoms with van der Waals surface area (Å²) < 4.78 is 12.0. The summed E-state index contributed by atoms with van der Waals surface area (Å²) in [7, 11) is 0. The second-order valence-electron chi connectivity index (χ2n) is 5.85. The second-order valence-corrected chi connectivity index (χ2v) is 5.85. The number of hydrogen-bond acceptors (Lipinski definition) is 3. The fourth-order valence-corrected chi connectivity index (χ4v) is 3.24. The Morgan fingerprint density at radius 1 is 1.17 bits per heavy atom. The smallest absolute Gasteiger partial charge is 0.0817 e. The average Bonchev–Trinajstić information content (AvgIpc) is 2.78. The molecular formula is C15H29NO2. The Hall–Kier alpha value is -0.120. The highest BCUT2D eigenvalue weighted by Crippen LogP contribution is 2.41. The monoisotopic (exact) mass is 255 g/mol. The first-order valence-electron chi connectivity index (χ1n) is 7.81. The van der Waals surface area contributed by atoms with Crippen LogP contribution in [0.4, 0.5) is 0 Å². The van der Waals surface area contributed by atoms with Gasteiger partial charge in [0.1, 0.15) is 0 Å². The molecule has 1 unspecified atom stereocenters. The first-order chi connectivity index (χ1) is 8.85. The Morgan fingerprint density at radius 2 is 2.00 bits per heavy atom. The van der Waals surface area contributed by atoms with Crippen molar-refractivity contribution < 1.29 is 9.47 Å². The highest BCUT2D eigenvalue weighted by Gasteiger charge is 2.40. The predicted molar refractivity (Wildman–Crippen MR) is 73.9 cm³/mol. The molecule has 1 heterocycles. The van der Waals surface area contributed by atoms with E-state index in [0.29, 0.717) is 6.10 Å². The van der Waals surface area contributed by atoms with Gasteiger partial charge in [-0.15, -0.1) is 0 Å². The van der Waals surface area contributed by atoms with Crippen molar-refractivity contribution >= 4 is 0 Å². The lowest BCUT2D eigenvalue weighted by Gasteiger charge is -2.33. The highest BCUT2D eigenvalue weighted by molar-refractivity contribution is 4.91. The van der Waals surface area contributed by atoms with Gasteiger partial charge in [0, 0.05) is 6.54 Å². The van der Waals surface area contributed by atoms with Gasteiger partial charge in [-0.1, -0.05) is 26.2 Å². The second kappa shape index (κ2) is 7.46. The molecule has 0 aromatic rings. The van der Waals surface area contributed by atoms with Gasteiger partial charge in [0.15, 0.2) is 0 Å². The molecule has 3 nitrogen and oxygen atoms in total. The van der Waals surface area contributed by atoms with Crippen molar-refractivity contribution in [2.75, 3.05) is 26.3 Å². The molecule has 0 bridgehead atoms. The summed E-state index contributed by atoms with van der Waals surface area (Å²) in [5, 5.41) is 3.35. The van der Waals surface area contributed by atoms with E-state index in [4.69, 9.17) is 9.47 Å². The zero-order valence-corrected chi connectivity index (χ0v) is 11.9. The quantitative estimate of drug-likeness (QED) is 0.710. The molecule has 2 rings (SSSR count). The Balaban J connectivity index is 1.55. The van der Waals surface area contributed by atoms with Crippen LogP contribution in [-0.4, -0.2) is 38.0 Å². The van der Waals surface area contributed by atoms with Crippen LogP contribution in [0.1, 0.15) is 58.3 Å². The van der Waals surface area contributed by atoms with Crippen molar-refractivity contribution in [3.05, 3.63) is 0 Å². The lowest BCUT2D eigenvalue weighted by atomic mass is 9.83. The van der Waals surface area contributed by atoms with Gasteiger partial charge in [0.25, 0.3) is 0 Å². The van der Waals surface area contributed by atoms with Crippen LogP contribution in [0.15, 0.2) is 0 Å². The fourth-order valence-electron chi connectivity index (χ4n) is 3.24. The molecule has 1 saturated heterocycles. The maximum atomic E-state index is 6.27. The SMILES string of the molecule is CCCNCCOCC1CCC2(CCCCC2)O1. The third-order valence-corrected chi connectivity index (χ3v) is 4.26. The van der Waals surface area contributed by atoms with Crippen molar-refractivity contribution in [2.45, 2.75) is 70.0 Å². The van der Waals surface area contributed by atoms with E-state index in [-0.39, 0.29) is 5.60 Å². The predicted octanol–water partition coefficient (Wildman–Crippen LogP) is 2.88. The van der Waals surface area contributed by atoms with Crippen LogP contribution >= 0.6 is 0 Å². The number of hydrogen-bond donors (Lipinski definition) is 1. The summed E-state index contributed by atoms with van der Waals surface area (Å²) in [5.41, 5.74) is 0.243. The van der Waals surface area contributed by atoms with Crippen molar-refractivity contribution in [3.63, 3.8) is 0 Å².